The van der Waals surface area contributed by atoms with Gasteiger partial charge in [-0.2, -0.15) is 5.10 Å². The molecule has 0 spiro atoms. The van der Waals surface area contributed by atoms with Crippen LogP contribution in [-0.2, 0) is 11.3 Å². The maximum atomic E-state index is 13.0. The van der Waals surface area contributed by atoms with Crippen LogP contribution in [0.25, 0.3) is 0 Å². The molecule has 0 saturated heterocycles. The molecule has 164 valence electrons. The van der Waals surface area contributed by atoms with E-state index in [1.165, 1.54) is 18.5 Å². The summed E-state index contributed by atoms with van der Waals surface area (Å²) in [6.07, 6.45) is 3.77. The second-order valence-electron chi connectivity index (χ2n) is 7.27. The van der Waals surface area contributed by atoms with Crippen LogP contribution in [0.5, 0.6) is 0 Å². The molecule has 0 atom stereocenters. The van der Waals surface area contributed by atoms with Gasteiger partial charge in [-0.05, 0) is 49.2 Å². The average Bonchev–Trinajstić information content (AvgIpc) is 3.40. The molecule has 0 fully saturated rings. The minimum atomic E-state index is -0.444. The Kier molecular flexibility index (Phi) is 6.37. The highest BCUT2D eigenvalue weighted by atomic mass is 16.5. The first kappa shape index (κ1) is 21.4. The molecule has 0 radical (unpaired) electrons. The molecule has 1 aliphatic rings. The number of imide groups is 1. The quantitative estimate of drug-likeness (QED) is 0.410. The van der Waals surface area contributed by atoms with Crippen LogP contribution in [0.3, 0.4) is 0 Å². The molecule has 1 N–H and O–H groups in total. The number of amides is 3. The Morgan fingerprint density at radius 3 is 2.56 bits per heavy atom. The Balaban J connectivity index is 1.46. The topological polar surface area (TPSA) is 106 Å². The van der Waals surface area contributed by atoms with Crippen molar-refractivity contribution in [1.29, 1.82) is 0 Å². The minimum Gasteiger partial charge on any atom is -0.382 e. The summed E-state index contributed by atoms with van der Waals surface area (Å²) in [5.41, 5.74) is 2.28. The van der Waals surface area contributed by atoms with Crippen LogP contribution in [0.1, 0.15) is 50.0 Å². The number of carbonyl (C=O) groups excluding carboxylic acids is 3. The van der Waals surface area contributed by atoms with Crippen molar-refractivity contribution in [2.75, 3.05) is 24.7 Å². The van der Waals surface area contributed by atoms with Crippen LogP contribution in [0.4, 0.5) is 5.69 Å². The van der Waals surface area contributed by atoms with Gasteiger partial charge in [0.25, 0.3) is 17.7 Å². The van der Waals surface area contributed by atoms with Gasteiger partial charge in [0.2, 0.25) is 0 Å². The summed E-state index contributed by atoms with van der Waals surface area (Å²) in [6, 6.07) is 11.7. The first-order chi connectivity index (χ1) is 15.6. The summed E-state index contributed by atoms with van der Waals surface area (Å²) in [5, 5.41) is 6.87. The summed E-state index contributed by atoms with van der Waals surface area (Å²) in [7, 11) is 0. The monoisotopic (exact) mass is 433 g/mol. The molecule has 3 aromatic rings. The molecule has 0 aliphatic carbocycles. The van der Waals surface area contributed by atoms with E-state index < -0.39 is 11.8 Å². The van der Waals surface area contributed by atoms with E-state index in [0.717, 1.165) is 10.5 Å². The third-order valence-electron chi connectivity index (χ3n) is 5.11. The molecule has 1 aliphatic heterocycles. The smallest absolute Gasteiger partial charge is 0.266 e. The highest BCUT2D eigenvalue weighted by molar-refractivity contribution is 6.34. The SMILES string of the molecule is CCOCCCNC(=O)c1ccc2c(c1)C(=O)N(c1ccc(Cn3cncn3)cc1)C2=O. The van der Waals surface area contributed by atoms with Crippen LogP contribution in [0.2, 0.25) is 0 Å². The molecule has 3 amide bonds. The molecule has 4 rings (SSSR count). The largest absolute Gasteiger partial charge is 0.382 e. The number of fused-ring (bicyclic) bond motifs is 1. The number of hydrogen-bond donors (Lipinski definition) is 1. The zero-order valence-corrected chi connectivity index (χ0v) is 17.7. The average molecular weight is 433 g/mol. The predicted octanol–water partition coefficient (Wildman–Crippen LogP) is 2.28. The number of aromatic nitrogens is 3. The second kappa shape index (κ2) is 9.52. The number of carbonyl (C=O) groups is 3. The molecular weight excluding hydrogens is 410 g/mol. The molecule has 0 bridgehead atoms. The Hall–Kier alpha value is -3.85. The fourth-order valence-corrected chi connectivity index (χ4v) is 3.49. The molecule has 32 heavy (non-hydrogen) atoms. The van der Waals surface area contributed by atoms with E-state index in [2.05, 4.69) is 15.4 Å². The highest BCUT2D eigenvalue weighted by Crippen LogP contribution is 2.29. The number of nitrogens with one attached hydrogen (secondary N) is 1. The van der Waals surface area contributed by atoms with Crippen LogP contribution < -0.4 is 10.2 Å². The van der Waals surface area contributed by atoms with E-state index in [4.69, 9.17) is 4.74 Å². The first-order valence-electron chi connectivity index (χ1n) is 10.4. The Bertz CT molecular complexity index is 1130. The van der Waals surface area contributed by atoms with Gasteiger partial charge >= 0.3 is 0 Å². The van der Waals surface area contributed by atoms with Gasteiger partial charge in [0.1, 0.15) is 12.7 Å². The van der Waals surface area contributed by atoms with E-state index in [-0.39, 0.29) is 17.0 Å². The van der Waals surface area contributed by atoms with Crippen molar-refractivity contribution in [3.63, 3.8) is 0 Å². The van der Waals surface area contributed by atoms with Crippen molar-refractivity contribution in [2.45, 2.75) is 19.9 Å². The summed E-state index contributed by atoms with van der Waals surface area (Å²) in [6.45, 7) is 4.12. The molecular formula is C23H23N5O4. The van der Waals surface area contributed by atoms with Crippen molar-refractivity contribution >= 4 is 23.4 Å². The molecule has 9 heteroatoms. The number of hydrogen-bond acceptors (Lipinski definition) is 6. The molecule has 9 nitrogen and oxygen atoms in total. The molecule has 0 saturated carbocycles. The number of nitrogens with zero attached hydrogens (tertiary/aromatic N) is 4. The summed E-state index contributed by atoms with van der Waals surface area (Å²) in [5.74, 6) is -1.14. The lowest BCUT2D eigenvalue weighted by atomic mass is 10.1. The number of anilines is 1. The lowest BCUT2D eigenvalue weighted by molar-refractivity contribution is 0.0922. The van der Waals surface area contributed by atoms with Crippen LogP contribution in [0.15, 0.2) is 55.1 Å². The maximum absolute atomic E-state index is 13.0. The van der Waals surface area contributed by atoms with Gasteiger partial charge in [-0.15, -0.1) is 0 Å². The van der Waals surface area contributed by atoms with Crippen molar-refractivity contribution in [3.8, 4) is 0 Å². The Morgan fingerprint density at radius 2 is 1.84 bits per heavy atom. The normalized spacial score (nSPS) is 12.8. The third-order valence-corrected chi connectivity index (χ3v) is 5.11. The van der Waals surface area contributed by atoms with E-state index in [1.807, 2.05) is 19.1 Å². The maximum Gasteiger partial charge on any atom is 0.266 e. The van der Waals surface area contributed by atoms with Crippen LogP contribution in [-0.4, -0.2) is 52.2 Å². The van der Waals surface area contributed by atoms with Gasteiger partial charge in [0.05, 0.1) is 23.4 Å². The summed E-state index contributed by atoms with van der Waals surface area (Å²) < 4.78 is 6.93. The van der Waals surface area contributed by atoms with Crippen molar-refractivity contribution in [1.82, 2.24) is 20.1 Å². The lowest BCUT2D eigenvalue weighted by Crippen LogP contribution is -2.29. The van der Waals surface area contributed by atoms with Crippen molar-refractivity contribution in [2.24, 2.45) is 0 Å². The van der Waals surface area contributed by atoms with Crippen molar-refractivity contribution < 1.29 is 19.1 Å². The predicted molar refractivity (Wildman–Crippen MR) is 117 cm³/mol. The highest BCUT2D eigenvalue weighted by Gasteiger charge is 2.37. The summed E-state index contributed by atoms with van der Waals surface area (Å²) in [4.78, 5) is 43.3. The number of benzene rings is 2. The Morgan fingerprint density at radius 1 is 1.06 bits per heavy atom. The van der Waals surface area contributed by atoms with E-state index in [9.17, 15) is 14.4 Å². The van der Waals surface area contributed by atoms with Gasteiger partial charge in [-0.1, -0.05) is 12.1 Å². The zero-order chi connectivity index (χ0) is 22.5. The Labute approximate surface area is 185 Å². The fraction of sp³-hybridized carbons (Fsp3) is 0.261. The fourth-order valence-electron chi connectivity index (χ4n) is 3.49. The first-order valence-corrected chi connectivity index (χ1v) is 10.4. The van der Waals surface area contributed by atoms with Crippen LogP contribution >= 0.6 is 0 Å². The molecule has 2 aromatic carbocycles. The summed E-state index contributed by atoms with van der Waals surface area (Å²) >= 11 is 0. The third kappa shape index (κ3) is 4.42. The number of rotatable bonds is 9. The minimum absolute atomic E-state index is 0.226. The van der Waals surface area contributed by atoms with Gasteiger partial charge in [-0.3, -0.25) is 14.4 Å². The molecule has 1 aromatic heterocycles. The molecule has 0 unspecified atom stereocenters. The molecule has 2 heterocycles. The van der Waals surface area contributed by atoms with Gasteiger partial charge in [0, 0.05) is 25.3 Å². The van der Waals surface area contributed by atoms with E-state index in [1.54, 1.807) is 29.2 Å². The van der Waals surface area contributed by atoms with E-state index >= 15 is 0 Å². The van der Waals surface area contributed by atoms with Crippen LogP contribution in [0, 0.1) is 0 Å². The number of ether oxygens (including phenoxy) is 1. The second-order valence-corrected chi connectivity index (χ2v) is 7.27. The standard InChI is InChI=1S/C23H23N5O4/c1-2-32-11-3-10-25-21(29)17-6-9-19-20(12-17)23(31)28(22(19)30)18-7-4-16(5-8-18)13-27-15-24-14-26-27/h4-9,12,14-15H,2-3,10-11,13H2,1H3,(H,25,29). The van der Waals surface area contributed by atoms with Gasteiger partial charge < -0.3 is 10.1 Å². The lowest BCUT2D eigenvalue weighted by Gasteiger charge is -2.14. The van der Waals surface area contributed by atoms with Gasteiger partial charge in [0.15, 0.2) is 0 Å². The van der Waals surface area contributed by atoms with Crippen molar-refractivity contribution in [3.05, 3.63) is 77.4 Å². The van der Waals surface area contributed by atoms with E-state index in [0.29, 0.717) is 44.0 Å². The van der Waals surface area contributed by atoms with Gasteiger partial charge in [-0.25, -0.2) is 14.6 Å². The zero-order valence-electron chi connectivity index (χ0n) is 17.7.